The molecule has 0 aliphatic carbocycles. The minimum absolute atomic E-state index is 0.356. The van der Waals surface area contributed by atoms with E-state index in [1.807, 2.05) is 12.1 Å². The lowest BCUT2D eigenvalue weighted by Crippen LogP contribution is -2.40. The molecule has 2 rings (SSSR count). The van der Waals surface area contributed by atoms with Crippen LogP contribution in [0.15, 0.2) is 24.3 Å². The van der Waals surface area contributed by atoms with Crippen molar-refractivity contribution >= 4 is 0 Å². The molecule has 1 aliphatic rings. The Balaban J connectivity index is 2.00. The summed E-state index contributed by atoms with van der Waals surface area (Å²) >= 11 is 0. The van der Waals surface area contributed by atoms with Crippen LogP contribution in [-0.2, 0) is 6.54 Å². The molecule has 0 amide bonds. The molecule has 1 aromatic carbocycles. The maximum atomic E-state index is 9.47. The van der Waals surface area contributed by atoms with Crippen molar-refractivity contribution in [2.24, 2.45) is 5.73 Å². The van der Waals surface area contributed by atoms with Gasteiger partial charge in [0, 0.05) is 12.6 Å². The molecular weight excluding hydrogens is 212 g/mol. The maximum absolute atomic E-state index is 9.47. The molecule has 0 aromatic heterocycles. The van der Waals surface area contributed by atoms with E-state index in [2.05, 4.69) is 11.0 Å². The number of hydrogen-bond donors (Lipinski definition) is 2. The van der Waals surface area contributed by atoms with Crippen LogP contribution in [0.25, 0.3) is 0 Å². The third kappa shape index (κ3) is 3.45. The van der Waals surface area contributed by atoms with Crippen LogP contribution in [0.2, 0.25) is 0 Å². The van der Waals surface area contributed by atoms with Gasteiger partial charge in [-0.05, 0) is 50.0 Å². The van der Waals surface area contributed by atoms with Crippen LogP contribution >= 0.6 is 0 Å². The van der Waals surface area contributed by atoms with E-state index in [9.17, 15) is 5.11 Å². The van der Waals surface area contributed by atoms with Crippen LogP contribution in [0.1, 0.15) is 31.2 Å². The van der Waals surface area contributed by atoms with Crippen molar-refractivity contribution in [1.29, 1.82) is 0 Å². The van der Waals surface area contributed by atoms with E-state index in [1.165, 1.54) is 24.8 Å². The number of piperidine rings is 1. The van der Waals surface area contributed by atoms with Gasteiger partial charge in [0.15, 0.2) is 0 Å². The molecule has 1 atom stereocenters. The first-order valence-electron chi connectivity index (χ1n) is 6.51. The van der Waals surface area contributed by atoms with Gasteiger partial charge in [0.25, 0.3) is 0 Å². The van der Waals surface area contributed by atoms with Crippen molar-refractivity contribution < 1.29 is 5.11 Å². The SMILES string of the molecule is NCCC1CCCCN1Cc1cccc(O)c1. The van der Waals surface area contributed by atoms with Crippen LogP contribution in [0.4, 0.5) is 0 Å². The second-order valence-corrected chi connectivity index (χ2v) is 4.87. The summed E-state index contributed by atoms with van der Waals surface area (Å²) in [7, 11) is 0. The molecular formula is C14H22N2O. The normalized spacial score (nSPS) is 21.6. The van der Waals surface area contributed by atoms with Gasteiger partial charge >= 0.3 is 0 Å². The first-order valence-corrected chi connectivity index (χ1v) is 6.51. The largest absolute Gasteiger partial charge is 0.508 e. The number of aromatic hydroxyl groups is 1. The number of nitrogens with zero attached hydrogens (tertiary/aromatic N) is 1. The van der Waals surface area contributed by atoms with Crippen LogP contribution < -0.4 is 5.73 Å². The maximum Gasteiger partial charge on any atom is 0.115 e. The van der Waals surface area contributed by atoms with Gasteiger partial charge in [-0.1, -0.05) is 18.6 Å². The third-order valence-electron chi connectivity index (χ3n) is 3.55. The quantitative estimate of drug-likeness (QED) is 0.838. The van der Waals surface area contributed by atoms with Crippen molar-refractivity contribution in [3.05, 3.63) is 29.8 Å². The van der Waals surface area contributed by atoms with Gasteiger partial charge in [-0.25, -0.2) is 0 Å². The molecule has 0 saturated carbocycles. The lowest BCUT2D eigenvalue weighted by atomic mass is 9.98. The molecule has 1 aliphatic heterocycles. The summed E-state index contributed by atoms with van der Waals surface area (Å²) in [6, 6.07) is 8.18. The van der Waals surface area contributed by atoms with Gasteiger partial charge in [0.2, 0.25) is 0 Å². The predicted molar refractivity (Wildman–Crippen MR) is 69.8 cm³/mol. The second-order valence-electron chi connectivity index (χ2n) is 4.87. The Morgan fingerprint density at radius 3 is 3.00 bits per heavy atom. The molecule has 0 spiro atoms. The molecule has 1 heterocycles. The van der Waals surface area contributed by atoms with E-state index < -0.39 is 0 Å². The zero-order valence-electron chi connectivity index (χ0n) is 10.3. The molecule has 0 bridgehead atoms. The van der Waals surface area contributed by atoms with E-state index in [0.717, 1.165) is 26.1 Å². The third-order valence-corrected chi connectivity index (χ3v) is 3.55. The molecule has 1 fully saturated rings. The Morgan fingerprint density at radius 1 is 1.35 bits per heavy atom. The number of hydrogen-bond acceptors (Lipinski definition) is 3. The molecule has 94 valence electrons. The summed E-state index contributed by atoms with van der Waals surface area (Å²) in [5, 5.41) is 9.47. The number of phenolic OH excluding ortho intramolecular Hbond substituents is 1. The molecule has 1 aromatic rings. The van der Waals surface area contributed by atoms with Crippen LogP contribution in [0.3, 0.4) is 0 Å². The van der Waals surface area contributed by atoms with Gasteiger partial charge < -0.3 is 10.8 Å². The minimum atomic E-state index is 0.356. The number of benzene rings is 1. The molecule has 3 N–H and O–H groups in total. The Bertz CT molecular complexity index is 352. The smallest absolute Gasteiger partial charge is 0.115 e. The van der Waals surface area contributed by atoms with Crippen LogP contribution in [0.5, 0.6) is 5.75 Å². The first kappa shape index (κ1) is 12.4. The van der Waals surface area contributed by atoms with E-state index in [-0.39, 0.29) is 0 Å². The van der Waals surface area contributed by atoms with E-state index in [4.69, 9.17) is 5.73 Å². The summed E-state index contributed by atoms with van der Waals surface area (Å²) in [5.74, 6) is 0.356. The number of rotatable bonds is 4. The molecule has 17 heavy (non-hydrogen) atoms. The van der Waals surface area contributed by atoms with Crippen molar-refractivity contribution in [3.8, 4) is 5.75 Å². The number of likely N-dealkylation sites (tertiary alicyclic amines) is 1. The molecule has 1 unspecified atom stereocenters. The summed E-state index contributed by atoms with van der Waals surface area (Å²) in [5.41, 5.74) is 6.86. The fraction of sp³-hybridized carbons (Fsp3) is 0.571. The fourth-order valence-corrected chi connectivity index (χ4v) is 2.68. The topological polar surface area (TPSA) is 49.5 Å². The summed E-state index contributed by atoms with van der Waals surface area (Å²) < 4.78 is 0. The highest BCUT2D eigenvalue weighted by molar-refractivity contribution is 5.27. The standard InChI is InChI=1S/C14H22N2O/c15-8-7-13-5-1-2-9-16(13)11-12-4-3-6-14(17)10-12/h3-4,6,10,13,17H,1-2,5,7-9,11,15H2. The van der Waals surface area contributed by atoms with E-state index in [0.29, 0.717) is 11.8 Å². The van der Waals surface area contributed by atoms with Crippen molar-refractivity contribution in [3.63, 3.8) is 0 Å². The summed E-state index contributed by atoms with van der Waals surface area (Å²) in [6.07, 6.45) is 4.94. The highest BCUT2D eigenvalue weighted by atomic mass is 16.3. The zero-order chi connectivity index (χ0) is 12.1. The van der Waals surface area contributed by atoms with Crippen molar-refractivity contribution in [2.45, 2.75) is 38.3 Å². The van der Waals surface area contributed by atoms with E-state index in [1.54, 1.807) is 6.07 Å². The highest BCUT2D eigenvalue weighted by Crippen LogP contribution is 2.22. The van der Waals surface area contributed by atoms with Crippen LogP contribution in [-0.4, -0.2) is 29.1 Å². The lowest BCUT2D eigenvalue weighted by Gasteiger charge is -2.35. The second kappa shape index (κ2) is 6.03. The molecule has 0 radical (unpaired) electrons. The highest BCUT2D eigenvalue weighted by Gasteiger charge is 2.21. The fourth-order valence-electron chi connectivity index (χ4n) is 2.68. The van der Waals surface area contributed by atoms with Crippen LogP contribution in [0, 0.1) is 0 Å². The lowest BCUT2D eigenvalue weighted by molar-refractivity contribution is 0.134. The number of phenols is 1. The predicted octanol–water partition coefficient (Wildman–Crippen LogP) is 2.10. The average molecular weight is 234 g/mol. The van der Waals surface area contributed by atoms with Gasteiger partial charge in [-0.15, -0.1) is 0 Å². The van der Waals surface area contributed by atoms with Gasteiger partial charge in [-0.3, -0.25) is 4.90 Å². The summed E-state index contributed by atoms with van der Waals surface area (Å²) in [4.78, 5) is 2.51. The summed E-state index contributed by atoms with van der Waals surface area (Å²) in [6.45, 7) is 2.85. The first-order chi connectivity index (χ1) is 8.29. The average Bonchev–Trinajstić information content (AvgIpc) is 2.32. The van der Waals surface area contributed by atoms with Gasteiger partial charge in [-0.2, -0.15) is 0 Å². The monoisotopic (exact) mass is 234 g/mol. The van der Waals surface area contributed by atoms with Crippen molar-refractivity contribution in [2.75, 3.05) is 13.1 Å². The molecule has 3 nitrogen and oxygen atoms in total. The Morgan fingerprint density at radius 2 is 2.24 bits per heavy atom. The Labute approximate surface area is 103 Å². The van der Waals surface area contributed by atoms with Gasteiger partial charge in [0.1, 0.15) is 5.75 Å². The minimum Gasteiger partial charge on any atom is -0.508 e. The Hall–Kier alpha value is -1.06. The van der Waals surface area contributed by atoms with E-state index >= 15 is 0 Å². The van der Waals surface area contributed by atoms with Gasteiger partial charge in [0.05, 0.1) is 0 Å². The zero-order valence-corrected chi connectivity index (χ0v) is 10.3. The number of nitrogens with two attached hydrogens (primary N) is 1. The Kier molecular flexibility index (Phi) is 4.40. The molecule has 3 heteroatoms. The van der Waals surface area contributed by atoms with Crippen molar-refractivity contribution in [1.82, 2.24) is 4.90 Å². The molecule has 1 saturated heterocycles.